The number of rotatable bonds is 5. The maximum absolute atomic E-state index is 12.4. The molecule has 2 unspecified atom stereocenters. The highest BCUT2D eigenvalue weighted by molar-refractivity contribution is 6.00. The van der Waals surface area contributed by atoms with E-state index >= 15 is 0 Å². The second-order valence-electron chi connectivity index (χ2n) is 5.87. The summed E-state index contributed by atoms with van der Waals surface area (Å²) in [6.45, 7) is 7.88. The number of carbonyl (C=O) groups is 2. The summed E-state index contributed by atoms with van der Waals surface area (Å²) in [5.41, 5.74) is 9.14. The number of benzene rings is 1. The smallest absolute Gasteiger partial charge is 0.251 e. The van der Waals surface area contributed by atoms with Gasteiger partial charge in [-0.25, -0.2) is 0 Å². The van der Waals surface area contributed by atoms with Gasteiger partial charge in [0.05, 0.1) is 0 Å². The third kappa shape index (κ3) is 2.98. The molecule has 0 saturated carbocycles. The van der Waals surface area contributed by atoms with Crippen molar-refractivity contribution in [2.24, 2.45) is 11.7 Å². The predicted octanol–water partition coefficient (Wildman–Crippen LogP) is 2.41. The molecular formula is C17H23N3O2. The van der Waals surface area contributed by atoms with Crippen LogP contribution in [0.5, 0.6) is 0 Å². The van der Waals surface area contributed by atoms with Crippen LogP contribution in [-0.4, -0.2) is 22.8 Å². The first-order valence-electron chi connectivity index (χ1n) is 7.54. The molecule has 2 rings (SSSR count). The molecule has 2 amide bonds. The number of aromatic nitrogens is 1. The summed E-state index contributed by atoms with van der Waals surface area (Å²) in [7, 11) is 0. The number of H-pyrrole nitrogens is 1. The molecule has 5 heteroatoms. The molecule has 0 spiro atoms. The van der Waals surface area contributed by atoms with Crippen LogP contribution in [0.1, 0.15) is 41.9 Å². The summed E-state index contributed by atoms with van der Waals surface area (Å²) in [5, 5.41) is 3.77. The lowest BCUT2D eigenvalue weighted by Gasteiger charge is -2.21. The first-order chi connectivity index (χ1) is 10.3. The van der Waals surface area contributed by atoms with Crippen molar-refractivity contribution in [2.75, 3.05) is 0 Å². The number of carbonyl (C=O) groups excluding carboxylic acids is 2. The third-order valence-electron chi connectivity index (χ3n) is 4.38. The summed E-state index contributed by atoms with van der Waals surface area (Å²) in [4.78, 5) is 27.2. The second-order valence-corrected chi connectivity index (χ2v) is 5.87. The maximum Gasteiger partial charge on any atom is 0.251 e. The number of aryl methyl sites for hydroxylation is 2. The fourth-order valence-corrected chi connectivity index (χ4v) is 2.56. The number of primary amides is 1. The van der Waals surface area contributed by atoms with E-state index in [1.807, 2.05) is 39.8 Å². The van der Waals surface area contributed by atoms with Crippen molar-refractivity contribution < 1.29 is 9.59 Å². The number of aromatic amines is 1. The Morgan fingerprint density at radius 1 is 1.32 bits per heavy atom. The molecule has 0 aliphatic rings. The Morgan fingerprint density at radius 2 is 2.00 bits per heavy atom. The van der Waals surface area contributed by atoms with Crippen LogP contribution >= 0.6 is 0 Å². The van der Waals surface area contributed by atoms with Crippen LogP contribution < -0.4 is 11.1 Å². The molecule has 0 aliphatic carbocycles. The van der Waals surface area contributed by atoms with Gasteiger partial charge in [0.1, 0.15) is 6.04 Å². The fraction of sp³-hybridized carbons (Fsp3) is 0.412. The van der Waals surface area contributed by atoms with Crippen molar-refractivity contribution in [3.8, 4) is 0 Å². The van der Waals surface area contributed by atoms with Crippen LogP contribution in [0.2, 0.25) is 0 Å². The Hall–Kier alpha value is -2.30. The molecule has 5 nitrogen and oxygen atoms in total. The molecule has 2 aromatic rings. The van der Waals surface area contributed by atoms with Crippen molar-refractivity contribution >= 4 is 22.7 Å². The Balaban J connectivity index is 2.29. The molecule has 4 N–H and O–H groups in total. The summed E-state index contributed by atoms with van der Waals surface area (Å²) >= 11 is 0. The van der Waals surface area contributed by atoms with Gasteiger partial charge >= 0.3 is 0 Å². The van der Waals surface area contributed by atoms with E-state index < -0.39 is 11.9 Å². The number of nitrogens with two attached hydrogens (primary N) is 1. The van der Waals surface area contributed by atoms with Crippen LogP contribution in [0.15, 0.2) is 18.2 Å². The number of fused-ring (bicyclic) bond motifs is 1. The molecule has 0 radical (unpaired) electrons. The summed E-state index contributed by atoms with van der Waals surface area (Å²) in [5.74, 6) is -0.775. The lowest BCUT2D eigenvalue weighted by molar-refractivity contribution is -0.120. The van der Waals surface area contributed by atoms with Crippen LogP contribution in [-0.2, 0) is 4.79 Å². The lowest BCUT2D eigenvalue weighted by atomic mass is 9.98. The zero-order valence-corrected chi connectivity index (χ0v) is 13.5. The summed E-state index contributed by atoms with van der Waals surface area (Å²) < 4.78 is 0. The van der Waals surface area contributed by atoms with Gasteiger partial charge in [-0.15, -0.1) is 0 Å². The molecule has 118 valence electrons. The number of amides is 2. The first kappa shape index (κ1) is 16.1. The SMILES string of the molecule is CCC(C)C(NC(=O)c1ccc2[nH]c(C)c(C)c2c1)C(N)=O. The minimum atomic E-state index is -0.651. The normalized spacial score (nSPS) is 13.8. The molecule has 1 aromatic carbocycles. The first-order valence-corrected chi connectivity index (χ1v) is 7.54. The van der Waals surface area contributed by atoms with Gasteiger partial charge < -0.3 is 16.0 Å². The Labute approximate surface area is 130 Å². The largest absolute Gasteiger partial charge is 0.368 e. The average Bonchev–Trinajstić information content (AvgIpc) is 2.78. The Kier molecular flexibility index (Phi) is 4.54. The van der Waals surface area contributed by atoms with E-state index in [-0.39, 0.29) is 11.8 Å². The Morgan fingerprint density at radius 3 is 2.59 bits per heavy atom. The van der Waals surface area contributed by atoms with Gasteiger partial charge in [0.2, 0.25) is 5.91 Å². The van der Waals surface area contributed by atoms with Gasteiger partial charge in [-0.05, 0) is 43.5 Å². The highest BCUT2D eigenvalue weighted by atomic mass is 16.2. The zero-order chi connectivity index (χ0) is 16.4. The molecule has 0 saturated heterocycles. The van der Waals surface area contributed by atoms with Crippen molar-refractivity contribution in [3.63, 3.8) is 0 Å². The van der Waals surface area contributed by atoms with Crippen molar-refractivity contribution in [1.29, 1.82) is 0 Å². The number of nitrogens with one attached hydrogen (secondary N) is 2. The van der Waals surface area contributed by atoms with Crippen molar-refractivity contribution in [1.82, 2.24) is 10.3 Å². The molecule has 1 aromatic heterocycles. The quantitative estimate of drug-likeness (QED) is 0.792. The van der Waals surface area contributed by atoms with Gasteiger partial charge in [0, 0.05) is 22.2 Å². The molecular weight excluding hydrogens is 278 g/mol. The van der Waals surface area contributed by atoms with E-state index in [9.17, 15) is 9.59 Å². The van der Waals surface area contributed by atoms with E-state index in [0.29, 0.717) is 5.56 Å². The average molecular weight is 301 g/mol. The molecule has 1 heterocycles. The van der Waals surface area contributed by atoms with E-state index in [2.05, 4.69) is 10.3 Å². The summed E-state index contributed by atoms with van der Waals surface area (Å²) in [6, 6.07) is 4.83. The van der Waals surface area contributed by atoms with Gasteiger partial charge in [0.15, 0.2) is 0 Å². The third-order valence-corrected chi connectivity index (χ3v) is 4.38. The lowest BCUT2D eigenvalue weighted by Crippen LogP contribution is -2.48. The van der Waals surface area contributed by atoms with Gasteiger partial charge in [-0.1, -0.05) is 20.3 Å². The minimum absolute atomic E-state index is 0.00132. The Bertz CT molecular complexity index is 718. The van der Waals surface area contributed by atoms with Crippen molar-refractivity contribution in [3.05, 3.63) is 35.0 Å². The zero-order valence-electron chi connectivity index (χ0n) is 13.5. The fourth-order valence-electron chi connectivity index (χ4n) is 2.56. The molecule has 22 heavy (non-hydrogen) atoms. The van der Waals surface area contributed by atoms with E-state index in [1.165, 1.54) is 0 Å². The number of hydrogen-bond donors (Lipinski definition) is 3. The van der Waals surface area contributed by atoms with E-state index in [1.54, 1.807) is 6.07 Å². The maximum atomic E-state index is 12.4. The highest BCUT2D eigenvalue weighted by Gasteiger charge is 2.24. The van der Waals surface area contributed by atoms with Gasteiger partial charge in [-0.2, -0.15) is 0 Å². The van der Waals surface area contributed by atoms with E-state index in [0.717, 1.165) is 28.6 Å². The monoisotopic (exact) mass is 301 g/mol. The van der Waals surface area contributed by atoms with E-state index in [4.69, 9.17) is 5.73 Å². The van der Waals surface area contributed by atoms with Crippen LogP contribution in [0.4, 0.5) is 0 Å². The van der Waals surface area contributed by atoms with Crippen molar-refractivity contribution in [2.45, 2.75) is 40.2 Å². The summed E-state index contributed by atoms with van der Waals surface area (Å²) in [6.07, 6.45) is 0.767. The minimum Gasteiger partial charge on any atom is -0.368 e. The molecule has 2 atom stereocenters. The topological polar surface area (TPSA) is 88.0 Å². The molecule has 0 fully saturated rings. The van der Waals surface area contributed by atoms with Gasteiger partial charge in [0.25, 0.3) is 5.91 Å². The van der Waals surface area contributed by atoms with Crippen LogP contribution in [0.25, 0.3) is 10.9 Å². The van der Waals surface area contributed by atoms with Crippen LogP contribution in [0.3, 0.4) is 0 Å². The van der Waals surface area contributed by atoms with Gasteiger partial charge in [-0.3, -0.25) is 9.59 Å². The number of hydrogen-bond acceptors (Lipinski definition) is 2. The standard InChI is InChI=1S/C17H23N3O2/c1-5-9(2)15(16(18)21)20-17(22)12-6-7-14-13(8-12)10(3)11(4)19-14/h6-9,15,19H,5H2,1-4H3,(H2,18,21)(H,20,22). The van der Waals surface area contributed by atoms with Crippen LogP contribution in [0, 0.1) is 19.8 Å². The predicted molar refractivity (Wildman–Crippen MR) is 87.7 cm³/mol. The molecule has 0 aliphatic heterocycles. The highest BCUT2D eigenvalue weighted by Crippen LogP contribution is 2.22. The molecule has 0 bridgehead atoms. The second kappa shape index (κ2) is 6.22.